The average molecular weight is 747 g/mol. The molecule has 0 spiro atoms. The standard InChI is InChI=1S/C39H54N3Si.3ClH.Ti/c1-23-17-20-33(40(11)12)30(8)36(23)43(39-28(6)26(4)27(5)29(39)7,37-24(2)18-21-34(31(37)9)41(13)14)38-25(3)19-22-35(32(38)10)42(15)16;;;;/h17-22H,1-16H3;3*1H;/q-1;;;;+4/p-3. The summed E-state index contributed by atoms with van der Waals surface area (Å²) in [5.41, 5.74) is 18.0. The second-order valence-corrected chi connectivity index (χ2v) is 17.0. The van der Waals surface area contributed by atoms with E-state index in [9.17, 15) is 0 Å². The summed E-state index contributed by atoms with van der Waals surface area (Å²) in [5, 5.41) is 6.20. The van der Waals surface area contributed by atoms with Crippen molar-refractivity contribution in [2.75, 3.05) is 57.0 Å². The van der Waals surface area contributed by atoms with Gasteiger partial charge in [-0.2, -0.15) is 27.4 Å². The van der Waals surface area contributed by atoms with Crippen LogP contribution in [-0.2, 0) is 21.7 Å². The van der Waals surface area contributed by atoms with Gasteiger partial charge in [0.2, 0.25) is 0 Å². The van der Waals surface area contributed by atoms with E-state index in [2.05, 4.69) is 163 Å². The van der Waals surface area contributed by atoms with Crippen LogP contribution in [0.25, 0.3) is 0 Å². The Hall–Kier alpha value is -1.79. The minimum absolute atomic E-state index is 0. The Morgan fingerprint density at radius 2 is 0.723 bits per heavy atom. The molecule has 0 N–H and O–H groups in total. The van der Waals surface area contributed by atoms with E-state index >= 15 is 0 Å². The first kappa shape index (κ1) is 45.2. The van der Waals surface area contributed by atoms with E-state index in [1.165, 1.54) is 72.7 Å². The minimum atomic E-state index is -2.98. The van der Waals surface area contributed by atoms with Crippen LogP contribution in [0.3, 0.4) is 0 Å². The van der Waals surface area contributed by atoms with Crippen molar-refractivity contribution in [3.05, 3.63) is 92.0 Å². The van der Waals surface area contributed by atoms with Crippen LogP contribution >= 0.6 is 0 Å². The molecule has 8 heteroatoms. The third-order valence-corrected chi connectivity index (χ3v) is 16.4. The fourth-order valence-corrected chi connectivity index (χ4v) is 15.3. The molecule has 0 amide bonds. The van der Waals surface area contributed by atoms with Crippen molar-refractivity contribution in [1.29, 1.82) is 0 Å². The summed E-state index contributed by atoms with van der Waals surface area (Å²) in [6.07, 6.45) is 0. The van der Waals surface area contributed by atoms with E-state index in [4.69, 9.17) is 0 Å². The number of hydrogen-bond acceptors (Lipinski definition) is 3. The van der Waals surface area contributed by atoms with Crippen LogP contribution in [0.5, 0.6) is 0 Å². The number of halogens is 3. The van der Waals surface area contributed by atoms with Gasteiger partial charge in [0, 0.05) is 59.3 Å². The van der Waals surface area contributed by atoms with Crippen LogP contribution in [0.15, 0.2) is 36.4 Å². The van der Waals surface area contributed by atoms with Crippen molar-refractivity contribution >= 4 is 45.9 Å². The number of nitrogens with zero attached hydrogens (tertiary/aromatic N) is 3. The van der Waals surface area contributed by atoms with Gasteiger partial charge in [0.25, 0.3) is 0 Å². The van der Waals surface area contributed by atoms with Crippen LogP contribution in [0.2, 0.25) is 0 Å². The Bertz CT molecular complexity index is 1540. The summed E-state index contributed by atoms with van der Waals surface area (Å²) in [5.74, 6) is 0. The van der Waals surface area contributed by atoms with Gasteiger partial charge >= 0.3 is 21.7 Å². The molecule has 47 heavy (non-hydrogen) atoms. The van der Waals surface area contributed by atoms with Crippen molar-refractivity contribution in [2.24, 2.45) is 0 Å². The Morgan fingerprint density at radius 1 is 0.447 bits per heavy atom. The maximum atomic E-state index is 2.40. The first-order valence-electron chi connectivity index (χ1n) is 15.6. The number of anilines is 3. The molecule has 0 saturated heterocycles. The summed E-state index contributed by atoms with van der Waals surface area (Å²) in [7, 11) is 10.1. The molecule has 0 aliphatic heterocycles. The molecule has 0 bridgehead atoms. The number of benzene rings is 3. The summed E-state index contributed by atoms with van der Waals surface area (Å²) in [4.78, 5) is 6.89. The molecular weight excluding hydrogens is 693 g/mol. The fraction of sp³-hybridized carbons (Fsp3) is 0.410. The quantitative estimate of drug-likeness (QED) is 0.114. The zero-order valence-corrected chi connectivity index (χ0v) is 36.3. The summed E-state index contributed by atoms with van der Waals surface area (Å²) in [6, 6.07) is 14.1. The predicted molar refractivity (Wildman–Crippen MR) is 196 cm³/mol. The molecule has 0 radical (unpaired) electrons. The maximum absolute atomic E-state index is 2.98. The van der Waals surface area contributed by atoms with Crippen LogP contribution in [0.4, 0.5) is 17.1 Å². The van der Waals surface area contributed by atoms with Gasteiger partial charge < -0.3 is 51.9 Å². The molecule has 0 fully saturated rings. The van der Waals surface area contributed by atoms with E-state index in [0.29, 0.717) is 0 Å². The minimum Gasteiger partial charge on any atom is -1.00 e. The van der Waals surface area contributed by atoms with Crippen LogP contribution < -0.4 is 72.7 Å². The fourth-order valence-electron chi connectivity index (χ4n) is 8.22. The molecule has 3 nitrogen and oxygen atoms in total. The number of rotatable bonds is 7. The van der Waals surface area contributed by atoms with Crippen LogP contribution in [0.1, 0.15) is 55.6 Å². The van der Waals surface area contributed by atoms with Gasteiger partial charge in [-0.3, -0.25) is 0 Å². The first-order valence-corrected chi connectivity index (χ1v) is 17.6. The van der Waals surface area contributed by atoms with Gasteiger partial charge in [0.1, 0.15) is 0 Å². The second-order valence-electron chi connectivity index (χ2n) is 13.5. The molecule has 4 aromatic rings. The van der Waals surface area contributed by atoms with Crippen LogP contribution in [-0.4, -0.2) is 50.4 Å². The molecule has 0 aromatic heterocycles. The molecular formula is C39H54Cl3N3SiTi. The predicted octanol–water partition coefficient (Wildman–Crippen LogP) is -2.93. The normalized spacial score (nSPS) is 10.7. The largest absolute Gasteiger partial charge is 4.00 e. The van der Waals surface area contributed by atoms with Crippen molar-refractivity contribution < 1.29 is 58.9 Å². The molecule has 0 heterocycles. The second kappa shape index (κ2) is 16.7. The van der Waals surface area contributed by atoms with Crippen molar-refractivity contribution in [2.45, 2.75) is 69.2 Å². The third kappa shape index (κ3) is 7.12. The Balaban J connectivity index is 0.00000529. The molecule has 0 aliphatic carbocycles. The smallest absolute Gasteiger partial charge is 1.00 e. The van der Waals surface area contributed by atoms with Gasteiger partial charge in [-0.15, -0.1) is 0 Å². The SMILES string of the molecule is Cc1ccc(N(C)C)c(C)c1[Si](c1c(C)ccc(N(C)C)c1C)(c1c(C)ccc(N(C)C)c1C)c1c(C)c(C)c(C)[c-]1C.[Cl-].[Cl-].[Cl-].[Ti+4]. The number of aryl methyl sites for hydroxylation is 3. The summed E-state index contributed by atoms with van der Waals surface area (Å²) in [6.45, 7) is 23.7. The number of hydrogen-bond donors (Lipinski definition) is 0. The monoisotopic (exact) mass is 745 g/mol. The molecule has 0 atom stereocenters. The van der Waals surface area contributed by atoms with Gasteiger partial charge in [-0.1, -0.05) is 62.6 Å². The molecule has 4 rings (SSSR count). The van der Waals surface area contributed by atoms with Gasteiger partial charge in [-0.25, -0.2) is 0 Å². The Morgan fingerprint density at radius 3 is 0.936 bits per heavy atom. The van der Waals surface area contributed by atoms with E-state index < -0.39 is 8.07 Å². The zero-order chi connectivity index (χ0) is 32.3. The Labute approximate surface area is 321 Å². The third-order valence-electron chi connectivity index (χ3n) is 10.3. The van der Waals surface area contributed by atoms with Gasteiger partial charge in [0.05, 0.1) is 0 Å². The van der Waals surface area contributed by atoms with Crippen molar-refractivity contribution in [1.82, 2.24) is 0 Å². The molecule has 4 aromatic carbocycles. The zero-order valence-electron chi connectivity index (χ0n) is 31.4. The molecule has 254 valence electrons. The van der Waals surface area contributed by atoms with Crippen molar-refractivity contribution in [3.63, 3.8) is 0 Å². The van der Waals surface area contributed by atoms with Crippen LogP contribution in [0, 0.1) is 69.2 Å². The van der Waals surface area contributed by atoms with Crippen molar-refractivity contribution in [3.8, 4) is 0 Å². The Kier molecular flexibility index (Phi) is 16.1. The molecule has 0 aliphatic rings. The first-order chi connectivity index (χ1) is 20.0. The average Bonchev–Trinajstić information content (AvgIpc) is 3.09. The van der Waals surface area contributed by atoms with E-state index in [1.807, 2.05) is 0 Å². The van der Waals surface area contributed by atoms with Gasteiger partial charge in [-0.05, 0) is 92.0 Å². The molecule has 0 unspecified atom stereocenters. The van der Waals surface area contributed by atoms with E-state index in [0.717, 1.165) is 0 Å². The topological polar surface area (TPSA) is 9.72 Å². The van der Waals surface area contributed by atoms with E-state index in [1.54, 1.807) is 20.7 Å². The molecule has 0 saturated carbocycles. The maximum Gasteiger partial charge on any atom is 4.00 e. The summed E-state index contributed by atoms with van der Waals surface area (Å²) < 4.78 is 0. The summed E-state index contributed by atoms with van der Waals surface area (Å²) >= 11 is 0. The van der Waals surface area contributed by atoms with E-state index in [-0.39, 0.29) is 58.9 Å². The van der Waals surface area contributed by atoms with Gasteiger partial charge in [0.15, 0.2) is 8.07 Å².